The van der Waals surface area contributed by atoms with Gasteiger partial charge in [0, 0.05) is 50.7 Å². The van der Waals surface area contributed by atoms with Gasteiger partial charge in [-0.15, -0.1) is 0 Å². The molecule has 5 heteroatoms. The summed E-state index contributed by atoms with van der Waals surface area (Å²) >= 11 is 0. The Balaban J connectivity index is 1.05. The molecule has 0 aromatic heterocycles. The maximum atomic E-state index is 2.87. The van der Waals surface area contributed by atoms with Crippen molar-refractivity contribution < 1.29 is 0 Å². The molecule has 0 spiro atoms. The molecule has 478 valence electrons. The number of rotatable bonds is 10. The van der Waals surface area contributed by atoms with Crippen molar-refractivity contribution in [3.05, 3.63) is 307 Å². The molecule has 12 aromatic rings. The predicted molar refractivity (Wildman–Crippen MR) is 419 cm³/mol. The molecule has 1 aliphatic carbocycles. The van der Waals surface area contributed by atoms with E-state index in [1.165, 1.54) is 139 Å². The quantitative estimate of drug-likeness (QED) is 0.0998. The number of fused-ring (bicyclic) bond motifs is 7. The molecule has 3 heterocycles. The van der Waals surface area contributed by atoms with E-state index in [9.17, 15) is 0 Å². The Morgan fingerprint density at radius 1 is 0.330 bits per heavy atom. The summed E-state index contributed by atoms with van der Waals surface area (Å²) in [7, 11) is -2.93. The van der Waals surface area contributed by atoms with Crippen LogP contribution in [0.25, 0.3) is 33.4 Å². The summed E-state index contributed by atoms with van der Waals surface area (Å²) in [5.41, 5.74) is 25.4. The molecule has 1 saturated carbocycles. The maximum absolute atomic E-state index is 2.93. The molecule has 0 radical (unpaired) electrons. The second-order valence-electron chi connectivity index (χ2n) is 31.6. The monoisotopic (exact) mass is 1270 g/mol. The molecule has 4 aliphatic rings. The molecule has 2 atom stereocenters. The highest BCUT2D eigenvalue weighted by atomic mass is 28.3. The first-order valence-electron chi connectivity index (χ1n) is 35.4. The number of nitrogens with zero attached hydrogens (tertiary/aromatic N) is 3. The molecule has 2 unspecified atom stereocenters. The fourth-order valence-corrected chi connectivity index (χ4v) is 22.2. The average Bonchev–Trinajstić information content (AvgIpc) is 1.68. The lowest BCUT2D eigenvalue weighted by atomic mass is 9.33. The van der Waals surface area contributed by atoms with Crippen LogP contribution < -0.4 is 51.8 Å². The third kappa shape index (κ3) is 10.0. The fourth-order valence-electron chi connectivity index (χ4n) is 17.4. The topological polar surface area (TPSA) is 9.72 Å². The van der Waals surface area contributed by atoms with Crippen molar-refractivity contribution in [3.8, 4) is 33.4 Å². The van der Waals surface area contributed by atoms with Crippen molar-refractivity contribution in [3.63, 3.8) is 0 Å². The molecule has 1 fully saturated rings. The van der Waals surface area contributed by atoms with E-state index in [1.807, 2.05) is 0 Å². The van der Waals surface area contributed by atoms with Crippen molar-refractivity contribution in [1.82, 2.24) is 0 Å². The highest BCUT2D eigenvalue weighted by Crippen LogP contribution is 2.62. The van der Waals surface area contributed by atoms with E-state index in [4.69, 9.17) is 0 Å². The second kappa shape index (κ2) is 23.3. The molecule has 0 N–H and O–H groups in total. The molecule has 3 aliphatic heterocycles. The van der Waals surface area contributed by atoms with E-state index in [1.54, 1.807) is 0 Å². The highest BCUT2D eigenvalue weighted by Gasteiger charge is 2.59. The lowest BCUT2D eigenvalue weighted by Crippen LogP contribution is -2.74. The van der Waals surface area contributed by atoms with Crippen LogP contribution in [0.4, 0.5) is 45.5 Å². The highest BCUT2D eigenvalue weighted by molar-refractivity contribution is 7.20. The van der Waals surface area contributed by atoms with Gasteiger partial charge in [0.15, 0.2) is 8.07 Å². The zero-order chi connectivity index (χ0) is 66.8. The summed E-state index contributed by atoms with van der Waals surface area (Å²) < 4.78 is 0. The van der Waals surface area contributed by atoms with Crippen molar-refractivity contribution in [1.29, 1.82) is 0 Å². The van der Waals surface area contributed by atoms with Gasteiger partial charge in [-0.2, -0.15) is 0 Å². The van der Waals surface area contributed by atoms with E-state index in [2.05, 4.69) is 376 Å². The van der Waals surface area contributed by atoms with Gasteiger partial charge >= 0.3 is 0 Å². The summed E-state index contributed by atoms with van der Waals surface area (Å²) in [6.45, 7) is 26.4. The number of anilines is 8. The van der Waals surface area contributed by atoms with Gasteiger partial charge in [0.1, 0.15) is 0 Å². The van der Waals surface area contributed by atoms with Crippen LogP contribution in [0.2, 0.25) is 0 Å². The van der Waals surface area contributed by atoms with E-state index in [0.29, 0.717) is 0 Å². The van der Waals surface area contributed by atoms with Crippen molar-refractivity contribution in [2.75, 3.05) is 14.7 Å². The van der Waals surface area contributed by atoms with Gasteiger partial charge in [-0.25, -0.2) is 0 Å². The predicted octanol–water partition coefficient (Wildman–Crippen LogP) is 19.8. The minimum atomic E-state index is -2.93. The van der Waals surface area contributed by atoms with Crippen LogP contribution >= 0.6 is 0 Å². The Hall–Kier alpha value is -9.68. The van der Waals surface area contributed by atoms with E-state index in [-0.39, 0.29) is 33.9 Å². The summed E-state index contributed by atoms with van der Waals surface area (Å²) in [5, 5.41) is 5.60. The van der Waals surface area contributed by atoms with Gasteiger partial charge in [-0.1, -0.05) is 313 Å². The lowest BCUT2D eigenvalue weighted by Gasteiger charge is -2.51. The molecular weight excluding hydrogens is 1190 g/mol. The third-order valence-electron chi connectivity index (χ3n) is 22.8. The standard InChI is InChI=1S/C92H88BN3Si/c1-88(2,3)67-45-50-80(75(57-67)64-34-20-13-21-35-64)94-83-52-47-69(90(7,8)9)59-79(83)93-78-49-44-66(63-32-18-12-19-33-63)56-84(78)95(81-51-46-68(89(4,5)6)58-76(81)65-36-22-14-23-37-65)86-61-70(60-85(94)87(86)93)96-82-53-48-74(62-77(82)91(10)54-30-31-55-92(91,96)11)97(71-38-24-15-25-39-71,72-40-26-16-27-41-72)73-42-28-17-29-43-73/h12-29,32-53,56-62H,30-31,54-55H2,1-11H3. The SMILES string of the molecule is CC(C)(C)c1ccc2c(c1)B1c3ccc(-c4ccccc4)cc3N(c3ccc(C(C)(C)C)cc3-c3ccccc3)c3cc(N4c5ccc([Si](c6ccccc6)(c6ccccc6)c6ccccc6)cc5C5(C)CCCCC45C)cc(c31)N2c1ccc(C(C)(C)C)cc1-c1ccccc1. The molecular formula is C92H88BN3Si. The smallest absolute Gasteiger partial charge is 0.252 e. The minimum Gasteiger partial charge on any atom is -0.334 e. The van der Waals surface area contributed by atoms with Crippen LogP contribution in [-0.4, -0.2) is 20.3 Å². The first-order valence-corrected chi connectivity index (χ1v) is 37.4. The van der Waals surface area contributed by atoms with Crippen LogP contribution in [0.1, 0.15) is 124 Å². The Bertz CT molecular complexity index is 4880. The normalized spacial score (nSPS) is 17.3. The molecule has 0 saturated heterocycles. The van der Waals surface area contributed by atoms with Crippen LogP contribution in [0.3, 0.4) is 0 Å². The number of hydrogen-bond donors (Lipinski definition) is 0. The molecule has 0 bridgehead atoms. The van der Waals surface area contributed by atoms with Gasteiger partial charge in [0.25, 0.3) is 6.71 Å². The fraction of sp³-hybridized carbons (Fsp3) is 0.217. The maximum Gasteiger partial charge on any atom is 0.252 e. The van der Waals surface area contributed by atoms with Crippen LogP contribution in [0.5, 0.6) is 0 Å². The Morgan fingerprint density at radius 3 is 1.24 bits per heavy atom. The number of hydrogen-bond acceptors (Lipinski definition) is 3. The Morgan fingerprint density at radius 2 is 0.753 bits per heavy atom. The molecule has 0 amide bonds. The first-order chi connectivity index (χ1) is 46.8. The lowest BCUT2D eigenvalue weighted by molar-refractivity contribution is 0.195. The number of benzene rings is 12. The molecule has 97 heavy (non-hydrogen) atoms. The second-order valence-corrected chi connectivity index (χ2v) is 35.4. The van der Waals surface area contributed by atoms with Gasteiger partial charge in [-0.05, 0) is 172 Å². The Kier molecular flexibility index (Phi) is 14.9. The van der Waals surface area contributed by atoms with Crippen LogP contribution in [0.15, 0.2) is 285 Å². The zero-order valence-corrected chi connectivity index (χ0v) is 59.4. The Labute approximate surface area is 578 Å². The minimum absolute atomic E-state index is 0.0913. The van der Waals surface area contributed by atoms with Crippen molar-refractivity contribution >= 4 is 97.4 Å². The van der Waals surface area contributed by atoms with Crippen molar-refractivity contribution in [2.45, 2.75) is 129 Å². The molecule has 3 nitrogen and oxygen atoms in total. The average molecular weight is 1270 g/mol. The van der Waals surface area contributed by atoms with E-state index >= 15 is 0 Å². The van der Waals surface area contributed by atoms with Gasteiger partial charge in [0.2, 0.25) is 0 Å². The van der Waals surface area contributed by atoms with Gasteiger partial charge < -0.3 is 14.7 Å². The zero-order valence-electron chi connectivity index (χ0n) is 58.4. The summed E-state index contributed by atoms with van der Waals surface area (Å²) in [5.74, 6) is 0. The molecule has 12 aromatic carbocycles. The van der Waals surface area contributed by atoms with Crippen LogP contribution in [0, 0.1) is 0 Å². The van der Waals surface area contributed by atoms with Crippen molar-refractivity contribution in [2.24, 2.45) is 0 Å². The summed E-state index contributed by atoms with van der Waals surface area (Å²) in [6, 6.07) is 111. The van der Waals surface area contributed by atoms with E-state index in [0.717, 1.165) is 24.9 Å². The van der Waals surface area contributed by atoms with Gasteiger partial charge in [-0.3, -0.25) is 0 Å². The largest absolute Gasteiger partial charge is 0.334 e. The van der Waals surface area contributed by atoms with Gasteiger partial charge in [0.05, 0.1) is 16.9 Å². The van der Waals surface area contributed by atoms with E-state index < -0.39 is 8.07 Å². The third-order valence-corrected chi connectivity index (χ3v) is 27.6. The molecule has 16 rings (SSSR count). The first kappa shape index (κ1) is 62.1. The summed E-state index contributed by atoms with van der Waals surface area (Å²) in [6.07, 6.45) is 4.47. The summed E-state index contributed by atoms with van der Waals surface area (Å²) in [4.78, 5) is 8.30. The van der Waals surface area contributed by atoms with Crippen LogP contribution in [-0.2, 0) is 21.7 Å².